The number of rotatable bonds is 3. The predicted molar refractivity (Wildman–Crippen MR) is 75.6 cm³/mol. The van der Waals surface area contributed by atoms with Crippen molar-refractivity contribution in [3.8, 4) is 0 Å². The van der Waals surface area contributed by atoms with Crippen LogP contribution in [0.4, 0.5) is 10.5 Å². The number of hydrogen-bond donors (Lipinski definition) is 2. The van der Waals surface area contributed by atoms with Crippen molar-refractivity contribution in [2.24, 2.45) is 0 Å². The van der Waals surface area contributed by atoms with E-state index in [2.05, 4.69) is 15.2 Å². The highest BCUT2D eigenvalue weighted by molar-refractivity contribution is 5.77. The van der Waals surface area contributed by atoms with Crippen molar-refractivity contribution < 1.29 is 9.90 Å². The summed E-state index contributed by atoms with van der Waals surface area (Å²) in [6.07, 6.45) is 1.99. The third-order valence-corrected chi connectivity index (χ3v) is 4.10. The summed E-state index contributed by atoms with van der Waals surface area (Å²) in [5.74, 6) is 0. The largest absolute Gasteiger partial charge is 0.387 e. The van der Waals surface area contributed by atoms with E-state index in [9.17, 15) is 9.90 Å². The molecule has 2 unspecified atom stereocenters. The van der Waals surface area contributed by atoms with Gasteiger partial charge in [-0.1, -0.05) is 6.92 Å². The molecule has 0 spiro atoms. The zero-order valence-corrected chi connectivity index (χ0v) is 11.6. The highest BCUT2D eigenvalue weighted by Crippen LogP contribution is 2.22. The molecule has 2 fully saturated rings. The standard InChI is InChI=1S/C14H20N4O2/c1-2-13(19)12-4-3-10(7-15-12)17-5-6-18-11(9-17)8-16-14(18)20/h3-4,7,11,13,19H,2,5-6,8-9H2,1H3,(H,16,20). The van der Waals surface area contributed by atoms with Crippen LogP contribution in [0, 0.1) is 0 Å². The number of anilines is 1. The van der Waals surface area contributed by atoms with Gasteiger partial charge in [-0.15, -0.1) is 0 Å². The van der Waals surface area contributed by atoms with Crippen LogP contribution in [-0.2, 0) is 0 Å². The van der Waals surface area contributed by atoms with Gasteiger partial charge in [-0.05, 0) is 18.6 Å². The molecule has 3 rings (SSSR count). The van der Waals surface area contributed by atoms with Crippen molar-refractivity contribution in [2.75, 3.05) is 31.1 Å². The zero-order valence-electron chi connectivity index (χ0n) is 11.6. The van der Waals surface area contributed by atoms with Crippen molar-refractivity contribution in [3.63, 3.8) is 0 Å². The number of aromatic nitrogens is 1. The first-order chi connectivity index (χ1) is 9.69. The van der Waals surface area contributed by atoms with Crippen molar-refractivity contribution in [3.05, 3.63) is 24.0 Å². The van der Waals surface area contributed by atoms with Crippen LogP contribution in [0.3, 0.4) is 0 Å². The van der Waals surface area contributed by atoms with E-state index in [1.807, 2.05) is 30.2 Å². The topological polar surface area (TPSA) is 68.7 Å². The summed E-state index contributed by atoms with van der Waals surface area (Å²) in [7, 11) is 0. The van der Waals surface area contributed by atoms with Gasteiger partial charge in [0.15, 0.2) is 0 Å². The minimum atomic E-state index is -0.488. The van der Waals surface area contributed by atoms with E-state index in [4.69, 9.17) is 0 Å². The monoisotopic (exact) mass is 276 g/mol. The molecule has 108 valence electrons. The number of aliphatic hydroxyl groups is 1. The Kier molecular flexibility index (Phi) is 3.48. The zero-order chi connectivity index (χ0) is 14.1. The number of piperazine rings is 1. The fourth-order valence-electron chi connectivity index (χ4n) is 2.83. The predicted octanol–water partition coefficient (Wildman–Crippen LogP) is 0.739. The molecule has 0 saturated carbocycles. The lowest BCUT2D eigenvalue weighted by Crippen LogP contribution is -2.52. The van der Waals surface area contributed by atoms with Crippen LogP contribution in [0.25, 0.3) is 0 Å². The molecule has 0 aliphatic carbocycles. The summed E-state index contributed by atoms with van der Waals surface area (Å²) in [4.78, 5) is 20.0. The second-order valence-electron chi connectivity index (χ2n) is 5.34. The number of amides is 2. The Morgan fingerprint density at radius 3 is 3.05 bits per heavy atom. The minimum Gasteiger partial charge on any atom is -0.387 e. The summed E-state index contributed by atoms with van der Waals surface area (Å²) in [5, 5.41) is 12.6. The quantitative estimate of drug-likeness (QED) is 0.854. The fourth-order valence-corrected chi connectivity index (χ4v) is 2.83. The number of fused-ring (bicyclic) bond motifs is 1. The van der Waals surface area contributed by atoms with Gasteiger partial charge < -0.3 is 20.2 Å². The Labute approximate surface area is 118 Å². The van der Waals surface area contributed by atoms with Gasteiger partial charge in [0.05, 0.1) is 29.7 Å². The maximum atomic E-state index is 11.6. The molecule has 6 nitrogen and oxygen atoms in total. The molecule has 2 amide bonds. The molecule has 2 atom stereocenters. The normalized spacial score (nSPS) is 23.5. The lowest BCUT2D eigenvalue weighted by atomic mass is 10.1. The van der Waals surface area contributed by atoms with E-state index >= 15 is 0 Å². The van der Waals surface area contributed by atoms with Gasteiger partial charge >= 0.3 is 6.03 Å². The number of aliphatic hydroxyl groups excluding tert-OH is 1. The van der Waals surface area contributed by atoms with Crippen LogP contribution in [0.15, 0.2) is 18.3 Å². The average Bonchev–Trinajstić information content (AvgIpc) is 2.87. The van der Waals surface area contributed by atoms with E-state index in [1.54, 1.807) is 0 Å². The molecule has 2 aliphatic rings. The first kappa shape index (κ1) is 13.2. The Balaban J connectivity index is 1.69. The Morgan fingerprint density at radius 1 is 1.50 bits per heavy atom. The van der Waals surface area contributed by atoms with Crippen LogP contribution in [-0.4, -0.2) is 53.2 Å². The molecule has 2 saturated heterocycles. The number of carbonyl (C=O) groups excluding carboxylic acids is 1. The smallest absolute Gasteiger partial charge is 0.317 e. The van der Waals surface area contributed by atoms with Crippen molar-refractivity contribution >= 4 is 11.7 Å². The Hall–Kier alpha value is -1.82. The number of carbonyl (C=O) groups is 1. The molecule has 0 bridgehead atoms. The van der Waals surface area contributed by atoms with Gasteiger partial charge in [0.1, 0.15) is 0 Å². The van der Waals surface area contributed by atoms with Crippen LogP contribution >= 0.6 is 0 Å². The molecule has 0 radical (unpaired) electrons. The lowest BCUT2D eigenvalue weighted by molar-refractivity contribution is 0.169. The fraction of sp³-hybridized carbons (Fsp3) is 0.571. The van der Waals surface area contributed by atoms with Gasteiger partial charge in [0.2, 0.25) is 0 Å². The molecule has 1 aromatic heterocycles. The summed E-state index contributed by atoms with van der Waals surface area (Å²) < 4.78 is 0. The highest BCUT2D eigenvalue weighted by atomic mass is 16.3. The molecule has 3 heterocycles. The number of hydrogen-bond acceptors (Lipinski definition) is 4. The molecular formula is C14H20N4O2. The molecule has 6 heteroatoms. The van der Waals surface area contributed by atoms with Crippen LogP contribution in [0.1, 0.15) is 25.1 Å². The van der Waals surface area contributed by atoms with E-state index in [-0.39, 0.29) is 12.1 Å². The lowest BCUT2D eigenvalue weighted by Gasteiger charge is -2.37. The van der Waals surface area contributed by atoms with Crippen LogP contribution in [0.5, 0.6) is 0 Å². The van der Waals surface area contributed by atoms with E-state index in [1.165, 1.54) is 0 Å². The minimum absolute atomic E-state index is 0.0502. The van der Waals surface area contributed by atoms with Crippen molar-refractivity contribution in [2.45, 2.75) is 25.5 Å². The van der Waals surface area contributed by atoms with Crippen molar-refractivity contribution in [1.82, 2.24) is 15.2 Å². The third kappa shape index (κ3) is 2.31. The van der Waals surface area contributed by atoms with E-state index in [0.29, 0.717) is 12.1 Å². The van der Waals surface area contributed by atoms with E-state index < -0.39 is 6.10 Å². The highest BCUT2D eigenvalue weighted by Gasteiger charge is 2.35. The van der Waals surface area contributed by atoms with Crippen LogP contribution < -0.4 is 10.2 Å². The molecule has 2 aliphatic heterocycles. The second-order valence-corrected chi connectivity index (χ2v) is 5.34. The van der Waals surface area contributed by atoms with E-state index in [0.717, 1.165) is 31.9 Å². The summed E-state index contributed by atoms with van der Waals surface area (Å²) in [5.41, 5.74) is 1.77. The van der Waals surface area contributed by atoms with Gasteiger partial charge in [0.25, 0.3) is 0 Å². The molecular weight excluding hydrogens is 256 g/mol. The molecule has 0 aromatic carbocycles. The Bertz CT molecular complexity index is 490. The number of pyridine rings is 1. The first-order valence-electron chi connectivity index (χ1n) is 7.12. The second kappa shape index (κ2) is 5.28. The van der Waals surface area contributed by atoms with Gasteiger partial charge in [-0.3, -0.25) is 4.98 Å². The van der Waals surface area contributed by atoms with Gasteiger partial charge in [0, 0.05) is 26.2 Å². The number of nitrogens with zero attached hydrogens (tertiary/aromatic N) is 3. The molecule has 1 aromatic rings. The van der Waals surface area contributed by atoms with Crippen molar-refractivity contribution in [1.29, 1.82) is 0 Å². The van der Waals surface area contributed by atoms with Gasteiger partial charge in [-0.2, -0.15) is 0 Å². The number of urea groups is 1. The Morgan fingerprint density at radius 2 is 2.35 bits per heavy atom. The number of nitrogens with one attached hydrogen (secondary N) is 1. The summed E-state index contributed by atoms with van der Waals surface area (Å²) >= 11 is 0. The summed E-state index contributed by atoms with van der Waals surface area (Å²) in [6, 6.07) is 4.18. The van der Waals surface area contributed by atoms with Gasteiger partial charge in [-0.25, -0.2) is 4.79 Å². The SMILES string of the molecule is CCC(O)c1ccc(N2CCN3C(=O)NCC3C2)cn1. The third-order valence-electron chi connectivity index (χ3n) is 4.10. The maximum absolute atomic E-state index is 11.6. The maximum Gasteiger partial charge on any atom is 0.317 e. The molecule has 20 heavy (non-hydrogen) atoms. The summed E-state index contributed by atoms with van der Waals surface area (Å²) in [6.45, 7) is 5.05. The average molecular weight is 276 g/mol. The first-order valence-corrected chi connectivity index (χ1v) is 7.12. The molecule has 2 N–H and O–H groups in total. The van der Waals surface area contributed by atoms with Crippen LogP contribution in [0.2, 0.25) is 0 Å².